The molecular weight excluding hydrogens is 356 g/mol. The quantitative estimate of drug-likeness (QED) is 0.592. The largest absolute Gasteiger partial charge is 0.323 e. The molecule has 2 aromatic carbocycles. The molecule has 8 heteroatoms. The highest BCUT2D eigenvalue weighted by molar-refractivity contribution is 9.10. The first-order chi connectivity index (χ1) is 9.86. The Morgan fingerprint density at radius 2 is 1.48 bits per heavy atom. The van der Waals surface area contributed by atoms with Crippen LogP contribution in [0.15, 0.2) is 34.8 Å². The summed E-state index contributed by atoms with van der Waals surface area (Å²) >= 11 is 2.79. The Labute approximate surface area is 125 Å². The zero-order valence-corrected chi connectivity index (χ0v) is 11.8. The van der Waals surface area contributed by atoms with E-state index in [0.717, 1.165) is 24.3 Å². The fraction of sp³-hybridized carbons (Fsp3) is 0. The molecule has 0 fully saturated rings. The number of benzene rings is 2. The summed E-state index contributed by atoms with van der Waals surface area (Å²) in [5.41, 5.74) is -0.720. The second-order valence-corrected chi connectivity index (χ2v) is 4.80. The van der Waals surface area contributed by atoms with E-state index in [1.165, 1.54) is 0 Å². The van der Waals surface area contributed by atoms with E-state index in [0.29, 0.717) is 6.07 Å². The van der Waals surface area contributed by atoms with Crippen LogP contribution >= 0.6 is 15.9 Å². The first kappa shape index (κ1) is 15.3. The van der Waals surface area contributed by atoms with Gasteiger partial charge in [-0.25, -0.2) is 22.4 Å². The normalized spacial score (nSPS) is 10.3. The summed E-state index contributed by atoms with van der Waals surface area (Å²) in [6.07, 6.45) is 0. The van der Waals surface area contributed by atoms with Crippen LogP contribution in [-0.4, -0.2) is 6.03 Å². The lowest BCUT2D eigenvalue weighted by Crippen LogP contribution is -2.21. The highest BCUT2D eigenvalue weighted by Gasteiger charge is 2.12. The third kappa shape index (κ3) is 3.72. The molecule has 0 aliphatic carbocycles. The molecule has 2 amide bonds. The molecule has 0 atom stereocenters. The van der Waals surface area contributed by atoms with Crippen molar-refractivity contribution in [3.8, 4) is 0 Å². The van der Waals surface area contributed by atoms with E-state index in [9.17, 15) is 22.4 Å². The Morgan fingerprint density at radius 1 is 0.857 bits per heavy atom. The lowest BCUT2D eigenvalue weighted by atomic mass is 10.3. The van der Waals surface area contributed by atoms with Crippen molar-refractivity contribution in [1.82, 2.24) is 0 Å². The van der Waals surface area contributed by atoms with Crippen molar-refractivity contribution >= 4 is 33.3 Å². The van der Waals surface area contributed by atoms with Gasteiger partial charge in [0, 0.05) is 12.1 Å². The molecule has 0 unspecified atom stereocenters. The minimum absolute atomic E-state index is 0.101. The van der Waals surface area contributed by atoms with Gasteiger partial charge in [-0.05, 0) is 34.1 Å². The topological polar surface area (TPSA) is 41.1 Å². The van der Waals surface area contributed by atoms with Gasteiger partial charge in [0.2, 0.25) is 0 Å². The van der Waals surface area contributed by atoms with Gasteiger partial charge in [0.25, 0.3) is 0 Å². The van der Waals surface area contributed by atoms with Crippen LogP contribution in [0.2, 0.25) is 0 Å². The van der Waals surface area contributed by atoms with Crippen molar-refractivity contribution in [2.75, 3.05) is 10.6 Å². The fourth-order valence-electron chi connectivity index (χ4n) is 1.49. The van der Waals surface area contributed by atoms with Gasteiger partial charge >= 0.3 is 6.03 Å². The van der Waals surface area contributed by atoms with E-state index in [1.807, 2.05) is 5.32 Å². The maximum absolute atomic E-state index is 13.5. The van der Waals surface area contributed by atoms with Gasteiger partial charge in [-0.2, -0.15) is 0 Å². The molecular formula is C13H7BrF4N2O. The Bertz CT molecular complexity index is 709. The highest BCUT2D eigenvalue weighted by atomic mass is 79.9. The number of hydrogen-bond donors (Lipinski definition) is 2. The third-order valence-electron chi connectivity index (χ3n) is 2.44. The van der Waals surface area contributed by atoms with Gasteiger partial charge < -0.3 is 10.6 Å². The summed E-state index contributed by atoms with van der Waals surface area (Å²) in [5, 5.41) is 4.08. The Hall–Kier alpha value is -2.09. The van der Waals surface area contributed by atoms with Crippen LogP contribution in [0, 0.1) is 23.3 Å². The van der Waals surface area contributed by atoms with Crippen molar-refractivity contribution in [2.45, 2.75) is 0 Å². The van der Waals surface area contributed by atoms with Crippen molar-refractivity contribution in [2.24, 2.45) is 0 Å². The molecule has 0 aliphatic heterocycles. The van der Waals surface area contributed by atoms with Crippen LogP contribution in [0.4, 0.5) is 33.7 Å². The molecule has 0 aliphatic rings. The summed E-state index contributed by atoms with van der Waals surface area (Å²) in [5.74, 6) is -3.45. The predicted molar refractivity (Wildman–Crippen MR) is 73.1 cm³/mol. The molecule has 0 saturated carbocycles. The summed E-state index contributed by atoms with van der Waals surface area (Å²) in [6.45, 7) is 0. The van der Waals surface area contributed by atoms with Crippen molar-refractivity contribution in [1.29, 1.82) is 0 Å². The lowest BCUT2D eigenvalue weighted by Gasteiger charge is -2.09. The number of hydrogen-bond acceptors (Lipinski definition) is 1. The average Bonchev–Trinajstić information content (AvgIpc) is 2.39. The SMILES string of the molecule is O=C(Nc1ccc(F)cc1F)Nc1cc(F)c(Br)cc1F. The monoisotopic (exact) mass is 362 g/mol. The van der Waals surface area contributed by atoms with E-state index >= 15 is 0 Å². The van der Waals surface area contributed by atoms with Gasteiger partial charge in [0.15, 0.2) is 0 Å². The standard InChI is InChI=1S/C13H7BrF4N2O/c14-7-4-10(18)12(5-8(7)16)20-13(21)19-11-2-1-6(15)3-9(11)17/h1-5H,(H2,19,20,21). The smallest absolute Gasteiger partial charge is 0.305 e. The molecule has 3 nitrogen and oxygen atoms in total. The first-order valence-electron chi connectivity index (χ1n) is 5.54. The van der Waals surface area contributed by atoms with Crippen molar-refractivity contribution in [3.63, 3.8) is 0 Å². The summed E-state index contributed by atoms with van der Waals surface area (Å²) in [4.78, 5) is 11.6. The van der Waals surface area contributed by atoms with Gasteiger partial charge in [0.05, 0.1) is 15.8 Å². The number of carbonyl (C=O) groups excluding carboxylic acids is 1. The first-order valence-corrected chi connectivity index (χ1v) is 6.33. The van der Waals surface area contributed by atoms with Crippen LogP contribution < -0.4 is 10.6 Å². The third-order valence-corrected chi connectivity index (χ3v) is 3.05. The van der Waals surface area contributed by atoms with Crippen LogP contribution in [-0.2, 0) is 0 Å². The summed E-state index contributed by atoms with van der Waals surface area (Å²) < 4.78 is 52.7. The van der Waals surface area contributed by atoms with Crippen LogP contribution in [0.1, 0.15) is 0 Å². The van der Waals surface area contributed by atoms with E-state index in [-0.39, 0.29) is 10.2 Å². The zero-order valence-electron chi connectivity index (χ0n) is 10.2. The molecule has 0 spiro atoms. The fourth-order valence-corrected chi connectivity index (χ4v) is 1.80. The maximum Gasteiger partial charge on any atom is 0.323 e. The molecule has 21 heavy (non-hydrogen) atoms. The van der Waals surface area contributed by atoms with E-state index in [4.69, 9.17) is 0 Å². The van der Waals surface area contributed by atoms with Gasteiger partial charge in [0.1, 0.15) is 23.3 Å². The van der Waals surface area contributed by atoms with Crippen LogP contribution in [0.25, 0.3) is 0 Å². The Kier molecular flexibility index (Phi) is 4.46. The molecule has 0 heterocycles. The average molecular weight is 363 g/mol. The summed E-state index contributed by atoms with van der Waals surface area (Å²) in [6, 6.07) is 3.13. The number of nitrogens with one attached hydrogen (secondary N) is 2. The maximum atomic E-state index is 13.5. The zero-order chi connectivity index (χ0) is 15.6. The Balaban J connectivity index is 2.13. The minimum Gasteiger partial charge on any atom is -0.305 e. The molecule has 2 rings (SSSR count). The van der Waals surface area contributed by atoms with Gasteiger partial charge in [-0.1, -0.05) is 0 Å². The molecule has 2 aromatic rings. The molecule has 0 aromatic heterocycles. The van der Waals surface area contributed by atoms with Gasteiger partial charge in [-0.15, -0.1) is 0 Å². The molecule has 110 valence electrons. The van der Waals surface area contributed by atoms with Crippen molar-refractivity contribution in [3.05, 3.63) is 58.1 Å². The number of amides is 2. The minimum atomic E-state index is -0.999. The van der Waals surface area contributed by atoms with Crippen LogP contribution in [0.3, 0.4) is 0 Å². The lowest BCUT2D eigenvalue weighted by molar-refractivity contribution is 0.262. The van der Waals surface area contributed by atoms with E-state index in [2.05, 4.69) is 21.2 Å². The van der Waals surface area contributed by atoms with E-state index in [1.54, 1.807) is 0 Å². The van der Waals surface area contributed by atoms with Gasteiger partial charge in [-0.3, -0.25) is 0 Å². The molecule has 0 bridgehead atoms. The number of rotatable bonds is 2. The number of halogens is 5. The Morgan fingerprint density at radius 3 is 2.14 bits per heavy atom. The second kappa shape index (κ2) is 6.13. The molecule has 2 N–H and O–H groups in total. The number of anilines is 2. The second-order valence-electron chi connectivity index (χ2n) is 3.95. The molecule has 0 saturated heterocycles. The highest BCUT2D eigenvalue weighted by Crippen LogP contribution is 2.23. The predicted octanol–water partition coefficient (Wildman–Crippen LogP) is 4.65. The molecule has 0 radical (unpaired) electrons. The van der Waals surface area contributed by atoms with E-state index < -0.39 is 35.0 Å². The number of urea groups is 1. The van der Waals surface area contributed by atoms with Crippen molar-refractivity contribution < 1.29 is 22.4 Å². The van der Waals surface area contributed by atoms with Crippen LogP contribution in [0.5, 0.6) is 0 Å². The number of carbonyl (C=O) groups is 1. The summed E-state index contributed by atoms with van der Waals surface area (Å²) in [7, 11) is 0.